The van der Waals surface area contributed by atoms with E-state index in [1.807, 2.05) is 0 Å². The number of nitro groups is 1. The molecule has 0 amide bonds. The van der Waals surface area contributed by atoms with Crippen LogP contribution in [0.3, 0.4) is 0 Å². The fourth-order valence-electron chi connectivity index (χ4n) is 1.08. The van der Waals surface area contributed by atoms with Crippen molar-refractivity contribution >= 4 is 6.08 Å². The number of halogens is 2. The van der Waals surface area contributed by atoms with E-state index >= 15 is 0 Å². The predicted molar refractivity (Wildman–Crippen MR) is 53.3 cm³/mol. The second-order valence-corrected chi connectivity index (χ2v) is 3.08. The Bertz CT molecular complexity index is 421. The maximum absolute atomic E-state index is 13.1. The van der Waals surface area contributed by atoms with Crippen molar-refractivity contribution in [3.63, 3.8) is 0 Å². The third-order valence-electron chi connectivity index (χ3n) is 1.82. The van der Waals surface area contributed by atoms with E-state index in [2.05, 4.69) is 0 Å². The Morgan fingerprint density at radius 3 is 2.81 bits per heavy atom. The highest BCUT2D eigenvalue weighted by molar-refractivity contribution is 5.50. The fraction of sp³-hybridized carbons (Fsp3) is 0.200. The zero-order chi connectivity index (χ0) is 12.1. The standard InChI is InChI=1S/C10H9F2NO3/c11-9-3-1-2-7(10(9)12)4-5-8(14)6-13(15)16/h1-5,8,14H,6H2/b5-4+. The van der Waals surface area contributed by atoms with Gasteiger partial charge in [-0.3, -0.25) is 10.1 Å². The Hall–Kier alpha value is -1.82. The quantitative estimate of drug-likeness (QED) is 0.630. The van der Waals surface area contributed by atoms with Crippen molar-refractivity contribution in [1.82, 2.24) is 0 Å². The fourth-order valence-corrected chi connectivity index (χ4v) is 1.08. The van der Waals surface area contributed by atoms with Crippen molar-refractivity contribution in [1.29, 1.82) is 0 Å². The van der Waals surface area contributed by atoms with Crippen molar-refractivity contribution < 1.29 is 18.8 Å². The number of rotatable bonds is 4. The van der Waals surface area contributed by atoms with Crippen LogP contribution in [0, 0.1) is 21.7 Å². The molecule has 86 valence electrons. The number of nitrogens with zero attached hydrogens (tertiary/aromatic N) is 1. The van der Waals surface area contributed by atoms with Crippen molar-refractivity contribution in [3.8, 4) is 0 Å². The average molecular weight is 229 g/mol. The molecule has 6 heteroatoms. The summed E-state index contributed by atoms with van der Waals surface area (Å²) in [6, 6.07) is 3.56. The third-order valence-corrected chi connectivity index (χ3v) is 1.82. The van der Waals surface area contributed by atoms with Crippen molar-refractivity contribution in [2.24, 2.45) is 0 Å². The van der Waals surface area contributed by atoms with Crippen molar-refractivity contribution in [3.05, 3.63) is 51.6 Å². The second kappa shape index (κ2) is 5.32. The van der Waals surface area contributed by atoms with Crippen LogP contribution in [0.4, 0.5) is 8.78 Å². The molecule has 0 saturated heterocycles. The van der Waals surface area contributed by atoms with Crippen molar-refractivity contribution in [2.75, 3.05) is 6.54 Å². The van der Waals surface area contributed by atoms with Gasteiger partial charge in [-0.2, -0.15) is 0 Å². The van der Waals surface area contributed by atoms with Crippen LogP contribution in [0.25, 0.3) is 6.08 Å². The first-order valence-electron chi connectivity index (χ1n) is 4.43. The Labute approximate surface area is 90.0 Å². The molecule has 0 aliphatic rings. The lowest BCUT2D eigenvalue weighted by atomic mass is 10.1. The van der Waals surface area contributed by atoms with Crippen LogP contribution in [0.15, 0.2) is 24.3 Å². The molecule has 0 spiro atoms. The van der Waals surface area contributed by atoms with Gasteiger partial charge in [0.1, 0.15) is 6.10 Å². The maximum atomic E-state index is 13.1. The number of aliphatic hydroxyl groups excluding tert-OH is 1. The van der Waals surface area contributed by atoms with E-state index in [1.54, 1.807) is 0 Å². The van der Waals surface area contributed by atoms with Crippen LogP contribution < -0.4 is 0 Å². The highest BCUT2D eigenvalue weighted by Crippen LogP contribution is 2.13. The van der Waals surface area contributed by atoms with Crippen LogP contribution in [-0.2, 0) is 0 Å². The van der Waals surface area contributed by atoms with Gasteiger partial charge in [0.05, 0.1) is 0 Å². The minimum absolute atomic E-state index is 0.0672. The molecule has 0 saturated carbocycles. The molecule has 0 radical (unpaired) electrons. The van der Waals surface area contributed by atoms with Gasteiger partial charge < -0.3 is 5.11 Å². The number of benzene rings is 1. The largest absolute Gasteiger partial charge is 0.382 e. The van der Waals surface area contributed by atoms with Crippen LogP contribution in [0.2, 0.25) is 0 Å². The van der Waals surface area contributed by atoms with Gasteiger partial charge in [-0.15, -0.1) is 0 Å². The molecule has 0 aliphatic carbocycles. The van der Waals surface area contributed by atoms with Crippen LogP contribution in [0.5, 0.6) is 0 Å². The zero-order valence-electron chi connectivity index (χ0n) is 8.14. The van der Waals surface area contributed by atoms with E-state index in [4.69, 9.17) is 5.11 Å². The summed E-state index contributed by atoms with van der Waals surface area (Å²) in [5, 5.41) is 19.1. The molecule has 16 heavy (non-hydrogen) atoms. The summed E-state index contributed by atoms with van der Waals surface area (Å²) in [4.78, 5) is 9.32. The molecular formula is C10H9F2NO3. The van der Waals surface area contributed by atoms with E-state index in [-0.39, 0.29) is 5.56 Å². The smallest absolute Gasteiger partial charge is 0.232 e. The highest BCUT2D eigenvalue weighted by Gasteiger charge is 2.08. The van der Waals surface area contributed by atoms with Crippen LogP contribution in [-0.4, -0.2) is 22.7 Å². The van der Waals surface area contributed by atoms with Gasteiger partial charge in [-0.05, 0) is 12.1 Å². The monoisotopic (exact) mass is 229 g/mol. The first-order valence-corrected chi connectivity index (χ1v) is 4.43. The lowest BCUT2D eigenvalue weighted by molar-refractivity contribution is -0.487. The Morgan fingerprint density at radius 1 is 1.50 bits per heavy atom. The minimum atomic E-state index is -1.32. The predicted octanol–water partition coefficient (Wildman–Crippen LogP) is 1.62. The zero-order valence-corrected chi connectivity index (χ0v) is 8.14. The van der Waals surface area contributed by atoms with E-state index in [9.17, 15) is 18.9 Å². The maximum Gasteiger partial charge on any atom is 0.232 e. The Kier molecular flexibility index (Phi) is 4.07. The van der Waals surface area contributed by atoms with Gasteiger partial charge in [0.25, 0.3) is 0 Å². The molecule has 0 fully saturated rings. The molecule has 1 unspecified atom stereocenters. The first kappa shape index (κ1) is 12.3. The van der Waals surface area contributed by atoms with Gasteiger partial charge in [0, 0.05) is 10.5 Å². The summed E-state index contributed by atoms with van der Waals surface area (Å²) in [6.07, 6.45) is 0.824. The van der Waals surface area contributed by atoms with Gasteiger partial charge in [-0.1, -0.05) is 18.2 Å². The summed E-state index contributed by atoms with van der Waals surface area (Å²) < 4.78 is 25.8. The summed E-state index contributed by atoms with van der Waals surface area (Å²) in [5.74, 6) is -2.06. The van der Waals surface area contributed by atoms with E-state index in [0.717, 1.165) is 18.2 Å². The second-order valence-electron chi connectivity index (χ2n) is 3.08. The lowest BCUT2D eigenvalue weighted by Gasteiger charge is -2.00. The average Bonchev–Trinajstić information content (AvgIpc) is 2.19. The third kappa shape index (κ3) is 3.39. The lowest BCUT2D eigenvalue weighted by Crippen LogP contribution is -2.16. The Morgan fingerprint density at radius 2 is 2.19 bits per heavy atom. The summed E-state index contributed by atoms with van der Waals surface area (Å²) in [5.41, 5.74) is -0.0672. The molecule has 0 aromatic heterocycles. The number of aliphatic hydroxyl groups is 1. The number of hydrogen-bond donors (Lipinski definition) is 1. The summed E-state index contributed by atoms with van der Waals surface area (Å²) >= 11 is 0. The van der Waals surface area contributed by atoms with Gasteiger partial charge >= 0.3 is 0 Å². The normalized spacial score (nSPS) is 12.9. The molecule has 1 atom stereocenters. The van der Waals surface area contributed by atoms with E-state index < -0.39 is 29.2 Å². The van der Waals surface area contributed by atoms with Crippen molar-refractivity contribution in [2.45, 2.75) is 6.10 Å². The molecule has 4 nitrogen and oxygen atoms in total. The van der Waals surface area contributed by atoms with E-state index in [1.165, 1.54) is 12.1 Å². The topological polar surface area (TPSA) is 63.4 Å². The van der Waals surface area contributed by atoms with Gasteiger partial charge in [0.2, 0.25) is 6.54 Å². The van der Waals surface area contributed by atoms with Gasteiger partial charge in [0.15, 0.2) is 11.6 Å². The Balaban J connectivity index is 2.76. The molecule has 0 bridgehead atoms. The first-order chi connectivity index (χ1) is 7.50. The molecular weight excluding hydrogens is 220 g/mol. The molecule has 1 rings (SSSR count). The molecule has 1 aromatic carbocycles. The van der Waals surface area contributed by atoms with Gasteiger partial charge in [-0.25, -0.2) is 8.78 Å². The number of hydrogen-bond acceptors (Lipinski definition) is 3. The summed E-state index contributed by atoms with van der Waals surface area (Å²) in [6.45, 7) is -0.673. The molecule has 0 aliphatic heterocycles. The SMILES string of the molecule is O=[N+]([O-])CC(O)/C=C/c1cccc(F)c1F. The van der Waals surface area contributed by atoms with Crippen LogP contribution in [0.1, 0.15) is 5.56 Å². The highest BCUT2D eigenvalue weighted by atomic mass is 19.2. The molecule has 1 N–H and O–H groups in total. The molecule has 0 heterocycles. The van der Waals surface area contributed by atoms with E-state index in [0.29, 0.717) is 0 Å². The summed E-state index contributed by atoms with van der Waals surface area (Å²) in [7, 11) is 0. The minimum Gasteiger partial charge on any atom is -0.382 e. The van der Waals surface area contributed by atoms with Crippen LogP contribution >= 0.6 is 0 Å². The molecule has 1 aromatic rings.